The number of likely N-dealkylation sites (tertiary alicyclic amines) is 1. The number of hydrogen-bond donors (Lipinski definition) is 1. The number of hydrogen-bond acceptors (Lipinski definition) is 4. The zero-order valence-electron chi connectivity index (χ0n) is 17.6. The van der Waals surface area contributed by atoms with Gasteiger partial charge in [0.25, 0.3) is 5.91 Å². The number of carbonyl (C=O) groups excluding carboxylic acids is 2. The molecule has 3 heterocycles. The second kappa shape index (κ2) is 9.65. The largest absolute Gasteiger partial charge is 0.492 e. The number of nitrogens with one attached hydrogen (secondary N) is 1. The minimum absolute atomic E-state index is 0.00634. The molecule has 3 aliphatic rings. The summed E-state index contributed by atoms with van der Waals surface area (Å²) >= 11 is 0. The lowest BCUT2D eigenvalue weighted by Crippen LogP contribution is -2.49. The molecule has 0 unspecified atom stereocenters. The first-order valence-corrected chi connectivity index (χ1v) is 11.2. The lowest BCUT2D eigenvalue weighted by molar-refractivity contribution is -0.140. The highest BCUT2D eigenvalue weighted by Gasteiger charge is 2.37. The normalized spacial score (nSPS) is 24.0. The summed E-state index contributed by atoms with van der Waals surface area (Å²) in [5, 5.41) is 3.15. The van der Waals surface area contributed by atoms with E-state index in [1.165, 1.54) is 0 Å². The van der Waals surface area contributed by atoms with Crippen LogP contribution in [-0.2, 0) is 9.53 Å². The fourth-order valence-electron chi connectivity index (χ4n) is 4.69. The van der Waals surface area contributed by atoms with Gasteiger partial charge in [-0.25, -0.2) is 0 Å². The predicted molar refractivity (Wildman–Crippen MR) is 114 cm³/mol. The zero-order valence-corrected chi connectivity index (χ0v) is 17.6. The third-order valence-electron chi connectivity index (χ3n) is 6.72. The van der Waals surface area contributed by atoms with Crippen LogP contribution in [0.1, 0.15) is 48.9 Å². The van der Waals surface area contributed by atoms with E-state index in [1.54, 1.807) is 0 Å². The van der Waals surface area contributed by atoms with E-state index in [0.29, 0.717) is 37.7 Å². The number of amides is 2. The van der Waals surface area contributed by atoms with Gasteiger partial charge in [0, 0.05) is 38.8 Å². The van der Waals surface area contributed by atoms with Crippen molar-refractivity contribution in [3.8, 4) is 5.75 Å². The monoisotopic (exact) mass is 412 g/mol. The number of rotatable bonds is 1. The molecule has 2 fully saturated rings. The molecule has 1 spiro atoms. The Morgan fingerprint density at radius 1 is 1.07 bits per heavy atom. The molecule has 4 rings (SSSR count). The van der Waals surface area contributed by atoms with E-state index < -0.39 is 0 Å². The van der Waals surface area contributed by atoms with Gasteiger partial charge in [-0.2, -0.15) is 0 Å². The molecule has 0 radical (unpaired) electrons. The minimum atomic E-state index is -0.0877. The van der Waals surface area contributed by atoms with Crippen molar-refractivity contribution in [2.45, 2.75) is 38.5 Å². The van der Waals surface area contributed by atoms with E-state index in [2.05, 4.69) is 17.5 Å². The van der Waals surface area contributed by atoms with E-state index in [-0.39, 0.29) is 23.1 Å². The molecule has 1 aromatic rings. The molecule has 6 nitrogen and oxygen atoms in total. The summed E-state index contributed by atoms with van der Waals surface area (Å²) in [7, 11) is 0. The van der Waals surface area contributed by atoms with Gasteiger partial charge in [-0.05, 0) is 56.1 Å². The van der Waals surface area contributed by atoms with Crippen molar-refractivity contribution in [3.63, 3.8) is 0 Å². The first-order valence-electron chi connectivity index (χ1n) is 11.2. The number of fused-ring (bicyclic) bond motifs is 1. The number of nitrogens with zero attached hydrogens (tertiary/aromatic N) is 1. The van der Waals surface area contributed by atoms with Crippen molar-refractivity contribution in [3.05, 3.63) is 42.0 Å². The van der Waals surface area contributed by atoms with Crippen LogP contribution in [0.25, 0.3) is 0 Å². The van der Waals surface area contributed by atoms with Crippen molar-refractivity contribution in [2.75, 3.05) is 39.5 Å². The number of carbonyl (C=O) groups is 2. The van der Waals surface area contributed by atoms with Gasteiger partial charge in [-0.1, -0.05) is 24.3 Å². The smallest absolute Gasteiger partial charge is 0.255 e. The molecule has 30 heavy (non-hydrogen) atoms. The van der Waals surface area contributed by atoms with Crippen LogP contribution in [0.15, 0.2) is 36.4 Å². The van der Waals surface area contributed by atoms with Crippen molar-refractivity contribution in [2.24, 2.45) is 11.3 Å². The quantitative estimate of drug-likeness (QED) is 0.720. The molecule has 162 valence electrons. The first kappa shape index (κ1) is 20.9. The highest BCUT2D eigenvalue weighted by molar-refractivity contribution is 5.96. The average molecular weight is 413 g/mol. The van der Waals surface area contributed by atoms with Crippen LogP contribution >= 0.6 is 0 Å². The van der Waals surface area contributed by atoms with Gasteiger partial charge >= 0.3 is 0 Å². The maximum atomic E-state index is 12.9. The van der Waals surface area contributed by atoms with Crippen LogP contribution in [-0.4, -0.2) is 56.2 Å². The predicted octanol–water partition coefficient (Wildman–Crippen LogP) is 3.18. The van der Waals surface area contributed by atoms with E-state index in [9.17, 15) is 9.59 Å². The SMILES string of the molecule is O=C1NCC2(C/C=C/CCOc3ccccc31)CCN(C(=O)C1CCOCC1)CC2. The Bertz CT molecular complexity index is 777. The Labute approximate surface area is 178 Å². The van der Waals surface area contributed by atoms with Gasteiger partial charge in [-0.15, -0.1) is 0 Å². The molecule has 2 amide bonds. The van der Waals surface area contributed by atoms with E-state index in [4.69, 9.17) is 9.47 Å². The highest BCUT2D eigenvalue weighted by Crippen LogP contribution is 2.36. The lowest BCUT2D eigenvalue weighted by atomic mass is 9.75. The second-order valence-electron chi connectivity index (χ2n) is 8.70. The minimum Gasteiger partial charge on any atom is -0.492 e. The molecule has 6 heteroatoms. The molecule has 1 aromatic carbocycles. The van der Waals surface area contributed by atoms with Gasteiger partial charge in [0.15, 0.2) is 0 Å². The lowest BCUT2D eigenvalue weighted by Gasteiger charge is -2.43. The van der Waals surface area contributed by atoms with Crippen LogP contribution in [0, 0.1) is 11.3 Å². The van der Waals surface area contributed by atoms with E-state index in [1.807, 2.05) is 29.2 Å². The molecule has 3 aliphatic heterocycles. The Hall–Kier alpha value is -2.34. The summed E-state index contributed by atoms with van der Waals surface area (Å²) < 4.78 is 11.2. The van der Waals surface area contributed by atoms with Crippen LogP contribution in [0.5, 0.6) is 5.75 Å². The molecule has 0 bridgehead atoms. The second-order valence-corrected chi connectivity index (χ2v) is 8.70. The first-order chi connectivity index (χ1) is 14.7. The van der Waals surface area contributed by atoms with Crippen LogP contribution < -0.4 is 10.1 Å². The standard InChI is InChI=1S/C24H32N2O4/c27-22-20-6-2-3-7-21(20)30-15-5-1-4-10-24(18-25-22)11-13-26(14-12-24)23(28)19-8-16-29-17-9-19/h1-4,6-7,19H,5,8-18H2,(H,25,27)/b4-1+. The van der Waals surface area contributed by atoms with Crippen LogP contribution in [0.3, 0.4) is 0 Å². The average Bonchev–Trinajstić information content (AvgIpc) is 2.80. The Balaban J connectivity index is 1.42. The molecule has 0 atom stereocenters. The molecule has 0 aromatic heterocycles. The van der Waals surface area contributed by atoms with Gasteiger partial charge in [0.1, 0.15) is 5.75 Å². The number of ether oxygens (including phenoxy) is 2. The van der Waals surface area contributed by atoms with Gasteiger partial charge < -0.3 is 19.7 Å². The molecular formula is C24H32N2O4. The molecule has 2 saturated heterocycles. The highest BCUT2D eigenvalue weighted by atomic mass is 16.5. The van der Waals surface area contributed by atoms with Crippen LogP contribution in [0.2, 0.25) is 0 Å². The van der Waals surface area contributed by atoms with E-state index >= 15 is 0 Å². The topological polar surface area (TPSA) is 67.9 Å². The van der Waals surface area contributed by atoms with Crippen LogP contribution in [0.4, 0.5) is 0 Å². The number of allylic oxidation sites excluding steroid dienone is 1. The third-order valence-corrected chi connectivity index (χ3v) is 6.72. The molecule has 1 N–H and O–H groups in total. The van der Waals surface area contributed by atoms with Crippen molar-refractivity contribution in [1.82, 2.24) is 10.2 Å². The van der Waals surface area contributed by atoms with Gasteiger partial charge in [0.05, 0.1) is 12.2 Å². The third kappa shape index (κ3) is 4.86. The van der Waals surface area contributed by atoms with Crippen molar-refractivity contribution >= 4 is 11.8 Å². The summed E-state index contributed by atoms with van der Waals surface area (Å²) in [5.41, 5.74) is 0.581. The van der Waals surface area contributed by atoms with E-state index in [0.717, 1.165) is 51.6 Å². The molecule has 0 saturated carbocycles. The Kier molecular flexibility index (Phi) is 6.72. The maximum absolute atomic E-state index is 12.9. The summed E-state index contributed by atoms with van der Waals surface area (Å²) in [6.45, 7) is 4.08. The van der Waals surface area contributed by atoms with Gasteiger partial charge in [-0.3, -0.25) is 9.59 Å². The summed E-state index contributed by atoms with van der Waals surface area (Å²) in [6, 6.07) is 7.42. The molecular weight excluding hydrogens is 380 g/mol. The van der Waals surface area contributed by atoms with Crippen molar-refractivity contribution < 1.29 is 19.1 Å². The van der Waals surface area contributed by atoms with Crippen molar-refractivity contribution in [1.29, 1.82) is 0 Å². The summed E-state index contributed by atoms with van der Waals surface area (Å²) in [6.07, 6.45) is 9.61. The van der Waals surface area contributed by atoms with Gasteiger partial charge in [0.2, 0.25) is 5.91 Å². The Morgan fingerprint density at radius 3 is 2.63 bits per heavy atom. The zero-order chi connectivity index (χ0) is 20.8. The fourth-order valence-corrected chi connectivity index (χ4v) is 4.69. The summed E-state index contributed by atoms with van der Waals surface area (Å²) in [5.74, 6) is 0.942. The number of benzene rings is 1. The fraction of sp³-hybridized carbons (Fsp3) is 0.583. The maximum Gasteiger partial charge on any atom is 0.255 e. The Morgan fingerprint density at radius 2 is 1.83 bits per heavy atom. The summed E-state index contributed by atoms with van der Waals surface area (Å²) in [4.78, 5) is 27.8. The number of piperidine rings is 1. The molecule has 0 aliphatic carbocycles. The number of para-hydroxylation sites is 1.